The monoisotopic (exact) mass is 276 g/mol. The lowest BCUT2D eigenvalue weighted by atomic mass is 10.1. The van der Waals surface area contributed by atoms with E-state index in [0.717, 1.165) is 5.69 Å². The average molecular weight is 277 g/mol. The fraction of sp³-hybridized carbons (Fsp3) is 0.214. The second-order valence-corrected chi connectivity index (χ2v) is 4.77. The number of carbonyl (C=O) groups is 1. The lowest BCUT2D eigenvalue weighted by Gasteiger charge is -2.09. The number of aromatic nitrogens is 2. The second kappa shape index (κ2) is 5.36. The van der Waals surface area contributed by atoms with Crippen molar-refractivity contribution in [2.75, 3.05) is 0 Å². The van der Waals surface area contributed by atoms with Gasteiger partial charge in [-0.1, -0.05) is 11.6 Å². The molecule has 0 spiro atoms. The van der Waals surface area contributed by atoms with Crippen LogP contribution in [0.3, 0.4) is 0 Å². The van der Waals surface area contributed by atoms with Gasteiger partial charge in [-0.3, -0.25) is 9.36 Å². The molecule has 0 fully saturated rings. The molecule has 1 aromatic carbocycles. The maximum Gasteiger partial charge on any atom is 0.348 e. The van der Waals surface area contributed by atoms with Gasteiger partial charge in [0.05, 0.1) is 6.54 Å². The number of rotatable bonds is 3. The molecule has 2 aromatic rings. The first kappa shape index (κ1) is 13.5. The summed E-state index contributed by atoms with van der Waals surface area (Å²) in [5, 5.41) is 0.571. The van der Waals surface area contributed by atoms with Crippen LogP contribution in [0.25, 0.3) is 0 Å². The van der Waals surface area contributed by atoms with E-state index in [0.29, 0.717) is 16.3 Å². The lowest BCUT2D eigenvalue weighted by molar-refractivity contribution is 0.0969. The molecule has 2 rings (SSSR count). The topological polar surface area (TPSA) is 52.0 Å². The summed E-state index contributed by atoms with van der Waals surface area (Å²) in [6.07, 6.45) is 0. The molecule has 19 heavy (non-hydrogen) atoms. The van der Waals surface area contributed by atoms with E-state index in [-0.39, 0.29) is 12.3 Å². The Morgan fingerprint density at radius 1 is 1.26 bits per heavy atom. The summed E-state index contributed by atoms with van der Waals surface area (Å²) in [6.45, 7) is 3.52. The van der Waals surface area contributed by atoms with Crippen molar-refractivity contribution < 1.29 is 4.79 Å². The van der Waals surface area contributed by atoms with Crippen LogP contribution in [0.5, 0.6) is 0 Å². The van der Waals surface area contributed by atoms with Gasteiger partial charge in [0.2, 0.25) is 0 Å². The van der Waals surface area contributed by atoms with Gasteiger partial charge in [0.1, 0.15) is 0 Å². The Kier molecular flexibility index (Phi) is 3.81. The van der Waals surface area contributed by atoms with Crippen LogP contribution in [-0.4, -0.2) is 15.3 Å². The standard InChI is InChI=1S/C14H13ClN2O2/c1-9-7-10(2)17(14(19)16-9)8-13(18)11-3-5-12(15)6-4-11/h3-7H,8H2,1-2H3. The Bertz CT molecular complexity index is 675. The quantitative estimate of drug-likeness (QED) is 0.809. The Morgan fingerprint density at radius 2 is 1.89 bits per heavy atom. The van der Waals surface area contributed by atoms with E-state index in [1.165, 1.54) is 4.57 Å². The smallest absolute Gasteiger partial charge is 0.292 e. The normalized spacial score (nSPS) is 10.5. The number of hydrogen-bond donors (Lipinski definition) is 0. The summed E-state index contributed by atoms with van der Waals surface area (Å²) < 4.78 is 1.37. The molecule has 0 saturated carbocycles. The molecule has 0 aliphatic carbocycles. The highest BCUT2D eigenvalue weighted by Crippen LogP contribution is 2.10. The summed E-state index contributed by atoms with van der Waals surface area (Å²) >= 11 is 5.77. The van der Waals surface area contributed by atoms with Gasteiger partial charge in [0.25, 0.3) is 0 Å². The summed E-state index contributed by atoms with van der Waals surface area (Å²) in [5.74, 6) is -0.146. The van der Waals surface area contributed by atoms with Gasteiger partial charge in [-0.25, -0.2) is 4.79 Å². The molecule has 0 unspecified atom stereocenters. The van der Waals surface area contributed by atoms with E-state index < -0.39 is 5.69 Å². The van der Waals surface area contributed by atoms with Crippen molar-refractivity contribution in [2.24, 2.45) is 0 Å². The van der Waals surface area contributed by atoms with Crippen LogP contribution in [0.4, 0.5) is 0 Å². The maximum atomic E-state index is 12.1. The van der Waals surface area contributed by atoms with Crippen LogP contribution in [0.2, 0.25) is 5.02 Å². The molecule has 0 amide bonds. The van der Waals surface area contributed by atoms with E-state index >= 15 is 0 Å². The number of benzene rings is 1. The van der Waals surface area contributed by atoms with E-state index in [4.69, 9.17) is 11.6 Å². The SMILES string of the molecule is Cc1cc(C)n(CC(=O)c2ccc(Cl)cc2)c(=O)n1. The van der Waals surface area contributed by atoms with Gasteiger partial charge in [0.15, 0.2) is 5.78 Å². The molecule has 1 aromatic heterocycles. The third-order valence-corrected chi connectivity index (χ3v) is 3.07. The molecule has 0 atom stereocenters. The minimum atomic E-state index is -0.403. The highest BCUT2D eigenvalue weighted by atomic mass is 35.5. The first-order valence-corrected chi connectivity index (χ1v) is 6.19. The third-order valence-electron chi connectivity index (χ3n) is 2.81. The average Bonchev–Trinajstić information content (AvgIpc) is 2.34. The fourth-order valence-electron chi connectivity index (χ4n) is 1.84. The minimum absolute atomic E-state index is 0.0143. The molecule has 0 radical (unpaired) electrons. The second-order valence-electron chi connectivity index (χ2n) is 4.34. The van der Waals surface area contributed by atoms with Crippen molar-refractivity contribution in [3.05, 3.63) is 62.8 Å². The number of hydrogen-bond acceptors (Lipinski definition) is 3. The molecule has 0 aliphatic heterocycles. The van der Waals surface area contributed by atoms with Gasteiger partial charge in [0, 0.05) is 22.0 Å². The van der Waals surface area contributed by atoms with Crippen molar-refractivity contribution in [1.29, 1.82) is 0 Å². The van der Waals surface area contributed by atoms with Crippen LogP contribution in [0.15, 0.2) is 35.1 Å². The van der Waals surface area contributed by atoms with Crippen LogP contribution < -0.4 is 5.69 Å². The zero-order chi connectivity index (χ0) is 14.0. The fourth-order valence-corrected chi connectivity index (χ4v) is 1.96. The van der Waals surface area contributed by atoms with Crippen molar-refractivity contribution in [3.63, 3.8) is 0 Å². The summed E-state index contributed by atoms with van der Waals surface area (Å²) in [5.41, 5.74) is 1.49. The first-order valence-electron chi connectivity index (χ1n) is 5.81. The van der Waals surface area contributed by atoms with Gasteiger partial charge >= 0.3 is 5.69 Å². The molecular weight excluding hydrogens is 264 g/mol. The van der Waals surface area contributed by atoms with Gasteiger partial charge in [-0.05, 0) is 44.2 Å². The number of halogens is 1. The van der Waals surface area contributed by atoms with E-state index in [1.807, 2.05) is 0 Å². The molecule has 0 N–H and O–H groups in total. The molecule has 0 bridgehead atoms. The predicted octanol–water partition coefficient (Wildman–Crippen LogP) is 2.40. The Balaban J connectivity index is 2.29. The summed E-state index contributed by atoms with van der Waals surface area (Å²) in [7, 11) is 0. The Hall–Kier alpha value is -1.94. The molecule has 0 aliphatic rings. The Labute approximate surface area is 115 Å². The lowest BCUT2D eigenvalue weighted by Crippen LogP contribution is -2.28. The van der Waals surface area contributed by atoms with E-state index in [1.54, 1.807) is 44.2 Å². The van der Waals surface area contributed by atoms with Gasteiger partial charge in [-0.15, -0.1) is 0 Å². The van der Waals surface area contributed by atoms with Crippen molar-refractivity contribution >= 4 is 17.4 Å². The Morgan fingerprint density at radius 3 is 2.47 bits per heavy atom. The minimum Gasteiger partial charge on any atom is -0.292 e. The zero-order valence-electron chi connectivity index (χ0n) is 10.7. The summed E-state index contributed by atoms with van der Waals surface area (Å²) in [4.78, 5) is 27.7. The third kappa shape index (κ3) is 3.09. The predicted molar refractivity (Wildman–Crippen MR) is 73.8 cm³/mol. The van der Waals surface area contributed by atoms with Crippen LogP contribution in [0, 0.1) is 13.8 Å². The van der Waals surface area contributed by atoms with Crippen molar-refractivity contribution in [2.45, 2.75) is 20.4 Å². The number of aryl methyl sites for hydroxylation is 2. The number of nitrogens with zero attached hydrogens (tertiary/aromatic N) is 2. The van der Waals surface area contributed by atoms with Crippen LogP contribution in [0.1, 0.15) is 21.7 Å². The molecule has 1 heterocycles. The van der Waals surface area contributed by atoms with Gasteiger partial charge in [-0.2, -0.15) is 4.98 Å². The zero-order valence-corrected chi connectivity index (χ0v) is 11.4. The van der Waals surface area contributed by atoms with Crippen molar-refractivity contribution in [3.8, 4) is 0 Å². The number of carbonyl (C=O) groups excluding carboxylic acids is 1. The number of ketones is 1. The molecule has 98 valence electrons. The van der Waals surface area contributed by atoms with Crippen LogP contribution >= 0.6 is 11.6 Å². The van der Waals surface area contributed by atoms with Crippen LogP contribution in [-0.2, 0) is 6.54 Å². The summed E-state index contributed by atoms with van der Waals surface area (Å²) in [6, 6.07) is 8.37. The first-order chi connectivity index (χ1) is 8.97. The number of Topliss-reactive ketones (excluding diaryl/α,β-unsaturated/α-hetero) is 1. The highest BCUT2D eigenvalue weighted by Gasteiger charge is 2.10. The molecule has 0 saturated heterocycles. The largest absolute Gasteiger partial charge is 0.348 e. The maximum absolute atomic E-state index is 12.1. The van der Waals surface area contributed by atoms with Crippen molar-refractivity contribution in [1.82, 2.24) is 9.55 Å². The molecular formula is C14H13ClN2O2. The highest BCUT2D eigenvalue weighted by molar-refractivity contribution is 6.30. The van der Waals surface area contributed by atoms with Gasteiger partial charge < -0.3 is 0 Å². The molecule has 5 heteroatoms. The van der Waals surface area contributed by atoms with E-state index in [9.17, 15) is 9.59 Å². The van der Waals surface area contributed by atoms with E-state index in [2.05, 4.69) is 4.98 Å². The molecule has 4 nitrogen and oxygen atoms in total.